The summed E-state index contributed by atoms with van der Waals surface area (Å²) in [6, 6.07) is 14.7. The Morgan fingerprint density at radius 1 is 0.926 bits per heavy atom. The van der Waals surface area contributed by atoms with Crippen molar-refractivity contribution in [3.8, 4) is 11.5 Å². The van der Waals surface area contributed by atoms with Gasteiger partial charge in [-0.1, -0.05) is 24.3 Å². The molecule has 2 amide bonds. The van der Waals surface area contributed by atoms with Crippen molar-refractivity contribution in [1.29, 1.82) is 0 Å². The van der Waals surface area contributed by atoms with Crippen LogP contribution in [0.2, 0.25) is 0 Å². The average Bonchev–Trinajstić information content (AvgIpc) is 2.68. The van der Waals surface area contributed by atoms with E-state index in [1.807, 2.05) is 48.5 Å². The van der Waals surface area contributed by atoms with Crippen molar-refractivity contribution in [2.45, 2.75) is 25.8 Å². The Balaban J connectivity index is 1.89. The molecule has 1 atom stereocenters. The van der Waals surface area contributed by atoms with Crippen molar-refractivity contribution >= 4 is 11.8 Å². The maximum atomic E-state index is 12.3. The first kappa shape index (κ1) is 20.3. The van der Waals surface area contributed by atoms with Gasteiger partial charge in [-0.15, -0.1) is 0 Å². The SMILES string of the molecule is COc1ccc(CCNC(=O)CC(NC(C)=O)c2ccc(OC)cc2)cc1. The lowest BCUT2D eigenvalue weighted by Gasteiger charge is -2.18. The van der Waals surface area contributed by atoms with E-state index < -0.39 is 0 Å². The number of rotatable bonds is 9. The van der Waals surface area contributed by atoms with E-state index in [-0.39, 0.29) is 24.3 Å². The highest BCUT2D eigenvalue weighted by Gasteiger charge is 2.17. The maximum Gasteiger partial charge on any atom is 0.222 e. The Morgan fingerprint density at radius 3 is 2.00 bits per heavy atom. The lowest BCUT2D eigenvalue weighted by Crippen LogP contribution is -2.33. The Morgan fingerprint density at radius 2 is 1.48 bits per heavy atom. The van der Waals surface area contributed by atoms with E-state index in [1.165, 1.54) is 6.92 Å². The lowest BCUT2D eigenvalue weighted by molar-refractivity contribution is -0.122. The number of carbonyl (C=O) groups is 2. The van der Waals surface area contributed by atoms with Gasteiger partial charge < -0.3 is 20.1 Å². The molecule has 0 aliphatic carbocycles. The van der Waals surface area contributed by atoms with Crippen LogP contribution in [0, 0.1) is 0 Å². The summed E-state index contributed by atoms with van der Waals surface area (Å²) in [6.07, 6.45) is 0.900. The molecule has 2 rings (SSSR count). The standard InChI is InChI=1S/C21H26N2O4/c1-15(24)23-20(17-6-10-19(27-3)11-7-17)14-21(25)22-13-12-16-4-8-18(26-2)9-5-16/h4-11,20H,12-14H2,1-3H3,(H,22,25)(H,23,24). The van der Waals surface area contributed by atoms with E-state index in [0.29, 0.717) is 6.54 Å². The molecule has 0 aromatic heterocycles. The summed E-state index contributed by atoms with van der Waals surface area (Å²) in [5, 5.41) is 5.74. The molecule has 2 aromatic rings. The second-order valence-corrected chi connectivity index (χ2v) is 6.18. The van der Waals surface area contributed by atoms with Crippen molar-refractivity contribution in [2.24, 2.45) is 0 Å². The van der Waals surface area contributed by atoms with Gasteiger partial charge in [-0.05, 0) is 41.8 Å². The number of hydrogen-bond donors (Lipinski definition) is 2. The predicted octanol–water partition coefficient (Wildman–Crippen LogP) is 2.63. The summed E-state index contributed by atoms with van der Waals surface area (Å²) >= 11 is 0. The summed E-state index contributed by atoms with van der Waals surface area (Å²) in [6.45, 7) is 1.97. The van der Waals surface area contributed by atoms with E-state index in [9.17, 15) is 9.59 Å². The quantitative estimate of drug-likeness (QED) is 0.711. The highest BCUT2D eigenvalue weighted by atomic mass is 16.5. The number of benzene rings is 2. The van der Waals surface area contributed by atoms with Crippen molar-refractivity contribution < 1.29 is 19.1 Å². The van der Waals surface area contributed by atoms with Crippen molar-refractivity contribution in [3.05, 3.63) is 59.7 Å². The van der Waals surface area contributed by atoms with Gasteiger partial charge in [0.1, 0.15) is 11.5 Å². The molecule has 1 unspecified atom stereocenters. The molecule has 27 heavy (non-hydrogen) atoms. The molecule has 0 radical (unpaired) electrons. The molecule has 0 fully saturated rings. The molecule has 2 aromatic carbocycles. The van der Waals surface area contributed by atoms with Gasteiger partial charge in [-0.2, -0.15) is 0 Å². The summed E-state index contributed by atoms with van der Waals surface area (Å²) < 4.78 is 10.3. The normalized spacial score (nSPS) is 11.4. The zero-order chi connectivity index (χ0) is 19.6. The number of carbonyl (C=O) groups excluding carboxylic acids is 2. The van der Waals surface area contributed by atoms with Crippen LogP contribution in [0.1, 0.15) is 30.5 Å². The van der Waals surface area contributed by atoms with Crippen molar-refractivity contribution in [2.75, 3.05) is 20.8 Å². The molecule has 0 aliphatic rings. The van der Waals surface area contributed by atoms with Crippen LogP contribution in [0.3, 0.4) is 0 Å². The molecule has 0 saturated carbocycles. The average molecular weight is 370 g/mol. The largest absolute Gasteiger partial charge is 0.497 e. The third kappa shape index (κ3) is 6.66. The van der Waals surface area contributed by atoms with Gasteiger partial charge in [0.2, 0.25) is 11.8 Å². The zero-order valence-corrected chi connectivity index (χ0v) is 16.0. The Bertz CT molecular complexity index is 742. The van der Waals surface area contributed by atoms with E-state index >= 15 is 0 Å². The monoisotopic (exact) mass is 370 g/mol. The third-order valence-corrected chi connectivity index (χ3v) is 4.18. The van der Waals surface area contributed by atoms with Crippen LogP contribution >= 0.6 is 0 Å². The summed E-state index contributed by atoms with van der Waals surface area (Å²) in [5.74, 6) is 1.24. The van der Waals surface area contributed by atoms with E-state index in [2.05, 4.69) is 10.6 Å². The number of ether oxygens (including phenoxy) is 2. The maximum absolute atomic E-state index is 12.3. The van der Waals surface area contributed by atoms with Crippen molar-refractivity contribution in [1.82, 2.24) is 10.6 Å². The molecule has 0 spiro atoms. The smallest absolute Gasteiger partial charge is 0.222 e. The zero-order valence-electron chi connectivity index (χ0n) is 16.0. The first-order chi connectivity index (χ1) is 13.0. The van der Waals surface area contributed by atoms with Crippen LogP contribution in [0.15, 0.2) is 48.5 Å². The Labute approximate surface area is 159 Å². The number of amides is 2. The first-order valence-electron chi connectivity index (χ1n) is 8.82. The van der Waals surface area contributed by atoms with Crippen LogP contribution in [-0.4, -0.2) is 32.6 Å². The van der Waals surface area contributed by atoms with Gasteiger partial charge in [-0.25, -0.2) is 0 Å². The molecule has 0 heterocycles. The number of nitrogens with one attached hydrogen (secondary N) is 2. The fourth-order valence-corrected chi connectivity index (χ4v) is 2.73. The molecular formula is C21H26N2O4. The lowest BCUT2D eigenvalue weighted by atomic mass is 10.0. The van der Waals surface area contributed by atoms with Crippen molar-refractivity contribution in [3.63, 3.8) is 0 Å². The minimum Gasteiger partial charge on any atom is -0.497 e. The molecule has 6 nitrogen and oxygen atoms in total. The van der Waals surface area contributed by atoms with Crippen LogP contribution in [0.4, 0.5) is 0 Å². The molecule has 2 N–H and O–H groups in total. The molecule has 0 bridgehead atoms. The van der Waals surface area contributed by atoms with Crippen LogP contribution < -0.4 is 20.1 Å². The van der Waals surface area contributed by atoms with Gasteiger partial charge in [0.25, 0.3) is 0 Å². The Hall–Kier alpha value is -3.02. The minimum atomic E-state index is -0.380. The van der Waals surface area contributed by atoms with E-state index in [4.69, 9.17) is 9.47 Å². The van der Waals surface area contributed by atoms with Gasteiger partial charge in [0.15, 0.2) is 0 Å². The molecule has 144 valence electrons. The van der Waals surface area contributed by atoms with E-state index in [1.54, 1.807) is 14.2 Å². The number of methoxy groups -OCH3 is 2. The molecule has 6 heteroatoms. The van der Waals surface area contributed by atoms with Gasteiger partial charge in [0, 0.05) is 13.5 Å². The van der Waals surface area contributed by atoms with Gasteiger partial charge >= 0.3 is 0 Å². The second-order valence-electron chi connectivity index (χ2n) is 6.18. The Kier molecular flexibility index (Phi) is 7.67. The van der Waals surface area contributed by atoms with Gasteiger partial charge in [-0.3, -0.25) is 9.59 Å². The summed E-state index contributed by atoms with van der Waals surface area (Å²) in [7, 11) is 3.22. The van der Waals surface area contributed by atoms with Crippen LogP contribution in [0.5, 0.6) is 11.5 Å². The summed E-state index contributed by atoms with van der Waals surface area (Å²) in [4.78, 5) is 23.8. The molecule has 0 aliphatic heterocycles. The topological polar surface area (TPSA) is 76.7 Å². The van der Waals surface area contributed by atoms with Crippen LogP contribution in [0.25, 0.3) is 0 Å². The predicted molar refractivity (Wildman–Crippen MR) is 104 cm³/mol. The van der Waals surface area contributed by atoms with Crippen LogP contribution in [-0.2, 0) is 16.0 Å². The fourth-order valence-electron chi connectivity index (χ4n) is 2.73. The highest BCUT2D eigenvalue weighted by Crippen LogP contribution is 2.20. The molecular weight excluding hydrogens is 344 g/mol. The van der Waals surface area contributed by atoms with Gasteiger partial charge in [0.05, 0.1) is 26.7 Å². The third-order valence-electron chi connectivity index (χ3n) is 4.18. The number of hydrogen-bond acceptors (Lipinski definition) is 4. The first-order valence-corrected chi connectivity index (χ1v) is 8.82. The second kappa shape index (κ2) is 10.2. The molecule has 0 saturated heterocycles. The fraction of sp³-hybridized carbons (Fsp3) is 0.333. The highest BCUT2D eigenvalue weighted by molar-refractivity contribution is 5.79. The minimum absolute atomic E-state index is 0.113. The summed E-state index contributed by atoms with van der Waals surface area (Å²) in [5.41, 5.74) is 1.97. The van der Waals surface area contributed by atoms with E-state index in [0.717, 1.165) is 29.0 Å².